The highest BCUT2D eigenvalue weighted by atomic mass is 35.5. The van der Waals surface area contributed by atoms with Gasteiger partial charge in [0.1, 0.15) is 5.82 Å². The van der Waals surface area contributed by atoms with Crippen LogP contribution in [0.3, 0.4) is 0 Å². The lowest BCUT2D eigenvalue weighted by atomic mass is 9.74. The quantitative estimate of drug-likeness (QED) is 0.485. The minimum atomic E-state index is -4.46. The summed E-state index contributed by atoms with van der Waals surface area (Å²) in [7, 11) is 0. The number of ether oxygens (including phenoxy) is 1. The third-order valence-electron chi connectivity index (χ3n) is 7.23. The Labute approximate surface area is 219 Å². The number of morpholine rings is 1. The molecule has 1 unspecified atom stereocenters. The zero-order chi connectivity index (χ0) is 26.2. The highest BCUT2D eigenvalue weighted by Gasteiger charge is 2.49. The highest BCUT2D eigenvalue weighted by Crippen LogP contribution is 2.44. The summed E-state index contributed by atoms with van der Waals surface area (Å²) in [5.41, 5.74) is -0.156. The minimum Gasteiger partial charge on any atom is -0.378 e. The average Bonchev–Trinajstić information content (AvgIpc) is 3.21. The summed E-state index contributed by atoms with van der Waals surface area (Å²) < 4.78 is 46.2. The lowest BCUT2D eigenvalue weighted by Gasteiger charge is -2.39. The number of anilines is 2. The number of nitrogens with zero attached hydrogens (tertiary/aromatic N) is 4. The molecule has 1 aromatic heterocycles. The van der Waals surface area contributed by atoms with E-state index in [-0.39, 0.29) is 12.6 Å². The van der Waals surface area contributed by atoms with Crippen LogP contribution in [0.2, 0.25) is 5.02 Å². The number of carbonyl (C=O) groups is 1. The van der Waals surface area contributed by atoms with E-state index < -0.39 is 23.2 Å². The molecule has 37 heavy (non-hydrogen) atoms. The summed E-state index contributed by atoms with van der Waals surface area (Å²) in [4.78, 5) is 23.7. The van der Waals surface area contributed by atoms with Gasteiger partial charge in [-0.2, -0.15) is 13.2 Å². The van der Waals surface area contributed by atoms with E-state index in [0.29, 0.717) is 36.9 Å². The molecule has 2 atom stereocenters. The van der Waals surface area contributed by atoms with Gasteiger partial charge in [-0.25, -0.2) is 9.78 Å². The Bertz CT molecular complexity index is 1190. The van der Waals surface area contributed by atoms with Crippen LogP contribution in [-0.2, 0) is 11.3 Å². The SMILES string of the molecule is CC1([C@H]2CN(Cc3ccc(N4CCOCC4)nc3)C(=O)N2c2ccc(Cl)cc2)C=C(C(F)(F)F)C=CC1. The van der Waals surface area contributed by atoms with Gasteiger partial charge in [0.2, 0.25) is 0 Å². The van der Waals surface area contributed by atoms with Crippen molar-refractivity contribution in [3.05, 3.63) is 77.0 Å². The van der Waals surface area contributed by atoms with Gasteiger partial charge in [-0.05, 0) is 42.3 Å². The van der Waals surface area contributed by atoms with Crippen molar-refractivity contribution in [1.82, 2.24) is 9.88 Å². The van der Waals surface area contributed by atoms with Crippen molar-refractivity contribution >= 4 is 29.1 Å². The number of alkyl halides is 3. The molecule has 3 aliphatic rings. The second kappa shape index (κ2) is 10.0. The molecule has 0 radical (unpaired) electrons. The van der Waals surface area contributed by atoms with Gasteiger partial charge in [-0.15, -0.1) is 0 Å². The molecular formula is C27H28ClF3N4O2. The molecule has 0 bridgehead atoms. The first kappa shape index (κ1) is 25.6. The molecule has 0 N–H and O–H groups in total. The van der Waals surface area contributed by atoms with Crippen LogP contribution in [0.5, 0.6) is 0 Å². The van der Waals surface area contributed by atoms with E-state index in [2.05, 4.69) is 9.88 Å². The number of benzene rings is 1. The molecule has 1 aromatic carbocycles. The lowest BCUT2D eigenvalue weighted by Crippen LogP contribution is -2.45. The first-order valence-electron chi connectivity index (χ1n) is 12.2. The number of rotatable bonds is 5. The largest absolute Gasteiger partial charge is 0.416 e. The van der Waals surface area contributed by atoms with Crippen LogP contribution in [-0.4, -0.2) is 61.0 Å². The number of halogens is 4. The predicted molar refractivity (Wildman–Crippen MR) is 137 cm³/mol. The van der Waals surface area contributed by atoms with Crippen molar-refractivity contribution in [2.45, 2.75) is 32.1 Å². The van der Waals surface area contributed by atoms with E-state index in [4.69, 9.17) is 16.3 Å². The van der Waals surface area contributed by atoms with Crippen LogP contribution in [0.4, 0.5) is 29.5 Å². The van der Waals surface area contributed by atoms with Crippen molar-refractivity contribution in [2.24, 2.45) is 5.41 Å². The van der Waals surface area contributed by atoms with Gasteiger partial charge < -0.3 is 14.5 Å². The van der Waals surface area contributed by atoms with Gasteiger partial charge in [0.15, 0.2) is 0 Å². The monoisotopic (exact) mass is 532 g/mol. The molecule has 3 heterocycles. The van der Waals surface area contributed by atoms with E-state index >= 15 is 0 Å². The normalized spacial score (nSPS) is 24.6. The fourth-order valence-electron chi connectivity index (χ4n) is 5.20. The second-order valence-corrected chi connectivity index (χ2v) is 10.3. The minimum absolute atomic E-state index is 0.262. The van der Waals surface area contributed by atoms with E-state index in [1.807, 2.05) is 12.1 Å². The van der Waals surface area contributed by atoms with Crippen LogP contribution < -0.4 is 9.80 Å². The Balaban J connectivity index is 1.42. The molecule has 5 rings (SSSR count). The van der Waals surface area contributed by atoms with E-state index in [0.717, 1.165) is 30.5 Å². The number of hydrogen-bond acceptors (Lipinski definition) is 4. The molecule has 196 valence electrons. The predicted octanol–water partition coefficient (Wildman–Crippen LogP) is 5.84. The van der Waals surface area contributed by atoms with E-state index in [1.165, 1.54) is 6.08 Å². The highest BCUT2D eigenvalue weighted by molar-refractivity contribution is 6.30. The molecule has 0 spiro atoms. The second-order valence-electron chi connectivity index (χ2n) is 9.86. The molecule has 2 aromatic rings. The van der Waals surface area contributed by atoms with Crippen LogP contribution >= 0.6 is 11.6 Å². The number of allylic oxidation sites excluding steroid dienone is 3. The van der Waals surface area contributed by atoms with E-state index in [9.17, 15) is 18.0 Å². The Hall–Kier alpha value is -3.04. The maximum atomic E-state index is 13.7. The Morgan fingerprint density at radius 2 is 1.86 bits per heavy atom. The summed E-state index contributed by atoms with van der Waals surface area (Å²) in [6.07, 6.45) is 1.62. The van der Waals surface area contributed by atoms with Gasteiger partial charge in [0, 0.05) is 48.5 Å². The van der Waals surface area contributed by atoms with Gasteiger partial charge in [-0.1, -0.05) is 42.8 Å². The Morgan fingerprint density at radius 3 is 2.51 bits per heavy atom. The number of carbonyl (C=O) groups excluding carboxylic acids is 1. The van der Waals surface area contributed by atoms with Crippen LogP contribution in [0.1, 0.15) is 18.9 Å². The van der Waals surface area contributed by atoms with Crippen molar-refractivity contribution in [3.63, 3.8) is 0 Å². The van der Waals surface area contributed by atoms with Gasteiger partial charge >= 0.3 is 12.2 Å². The molecule has 0 saturated carbocycles. The molecule has 2 amide bonds. The molecular weight excluding hydrogens is 505 g/mol. The molecule has 6 nitrogen and oxygen atoms in total. The van der Waals surface area contributed by atoms with Crippen molar-refractivity contribution in [2.75, 3.05) is 42.6 Å². The Morgan fingerprint density at radius 1 is 1.14 bits per heavy atom. The average molecular weight is 533 g/mol. The maximum absolute atomic E-state index is 13.7. The van der Waals surface area contributed by atoms with Crippen LogP contribution in [0.15, 0.2) is 66.4 Å². The maximum Gasteiger partial charge on any atom is 0.416 e. The number of amides is 2. The first-order chi connectivity index (χ1) is 17.6. The first-order valence-corrected chi connectivity index (χ1v) is 12.6. The number of aromatic nitrogens is 1. The van der Waals surface area contributed by atoms with Gasteiger partial charge in [-0.3, -0.25) is 4.90 Å². The third-order valence-corrected chi connectivity index (χ3v) is 7.48. The number of urea groups is 1. The Kier molecular flexibility index (Phi) is 6.93. The third kappa shape index (κ3) is 5.33. The van der Waals surface area contributed by atoms with E-state index in [1.54, 1.807) is 53.3 Å². The molecule has 2 fully saturated rings. The summed E-state index contributed by atoms with van der Waals surface area (Å²) in [5.74, 6) is 0.854. The zero-order valence-corrected chi connectivity index (χ0v) is 21.2. The molecule has 2 saturated heterocycles. The van der Waals surface area contributed by atoms with Crippen molar-refractivity contribution in [1.29, 1.82) is 0 Å². The molecule has 2 aliphatic heterocycles. The smallest absolute Gasteiger partial charge is 0.378 e. The lowest BCUT2D eigenvalue weighted by molar-refractivity contribution is -0.0895. The topological polar surface area (TPSA) is 48.9 Å². The fraction of sp³-hybridized carbons (Fsp3) is 0.407. The molecule has 1 aliphatic carbocycles. The zero-order valence-electron chi connectivity index (χ0n) is 20.4. The number of hydrogen-bond donors (Lipinski definition) is 0. The van der Waals surface area contributed by atoms with Crippen molar-refractivity contribution < 1.29 is 22.7 Å². The summed E-state index contributed by atoms with van der Waals surface area (Å²) >= 11 is 6.07. The summed E-state index contributed by atoms with van der Waals surface area (Å²) in [6, 6.07) is 9.92. The van der Waals surface area contributed by atoms with Gasteiger partial charge in [0.25, 0.3) is 0 Å². The number of pyridine rings is 1. The summed E-state index contributed by atoms with van der Waals surface area (Å²) in [5, 5.41) is 0.515. The van der Waals surface area contributed by atoms with Crippen LogP contribution in [0, 0.1) is 5.41 Å². The molecule has 10 heteroatoms. The standard InChI is InChI=1S/C27H28ClF3N4O2/c1-26(10-2-3-20(15-26)27(29,30)31)23-18-34(25(36)35(23)22-7-5-21(28)6-8-22)17-19-4-9-24(32-16-19)33-11-13-37-14-12-33/h2-9,15-16,23H,10-14,17-18H2,1H3/t23-,26?/m1/s1. The van der Waals surface area contributed by atoms with Gasteiger partial charge in [0.05, 0.1) is 24.8 Å². The summed E-state index contributed by atoms with van der Waals surface area (Å²) in [6.45, 7) is 5.23. The van der Waals surface area contributed by atoms with Crippen LogP contribution in [0.25, 0.3) is 0 Å². The van der Waals surface area contributed by atoms with Crippen molar-refractivity contribution in [3.8, 4) is 0 Å². The fourth-order valence-corrected chi connectivity index (χ4v) is 5.33.